The molecule has 1 atom stereocenters. The van der Waals surface area contributed by atoms with Crippen molar-refractivity contribution in [2.24, 2.45) is 0 Å². The molecule has 0 radical (unpaired) electrons. The van der Waals surface area contributed by atoms with Gasteiger partial charge in [-0.25, -0.2) is 0 Å². The predicted molar refractivity (Wildman–Crippen MR) is 103 cm³/mol. The van der Waals surface area contributed by atoms with Crippen molar-refractivity contribution >= 4 is 11.6 Å². The second-order valence-electron chi connectivity index (χ2n) is 7.44. The maximum absolute atomic E-state index is 13.1. The Kier molecular flexibility index (Phi) is 5.36. The number of likely N-dealkylation sites (tertiary alicyclic amines) is 1. The van der Waals surface area contributed by atoms with Gasteiger partial charge in [0.1, 0.15) is 11.6 Å². The third kappa shape index (κ3) is 4.10. The number of aromatic nitrogens is 3. The Morgan fingerprint density at radius 1 is 1.20 bits per heavy atom. The zero-order valence-electron chi connectivity index (χ0n) is 16.4. The maximum atomic E-state index is 13.1. The second-order valence-corrected chi connectivity index (χ2v) is 7.44. The number of hydrogen-bond donors (Lipinski definition) is 0. The molecule has 30 heavy (non-hydrogen) atoms. The summed E-state index contributed by atoms with van der Waals surface area (Å²) >= 11 is 0. The number of alkyl halides is 3. The third-order valence-corrected chi connectivity index (χ3v) is 5.34. The average Bonchev–Trinajstić information content (AvgIpc) is 3.16. The van der Waals surface area contributed by atoms with Gasteiger partial charge < -0.3 is 9.64 Å². The zero-order chi connectivity index (χ0) is 21.3. The van der Waals surface area contributed by atoms with Gasteiger partial charge in [0.2, 0.25) is 0 Å². The molecular formula is C21H21F3N4O2. The van der Waals surface area contributed by atoms with Crippen molar-refractivity contribution in [3.63, 3.8) is 0 Å². The quantitative estimate of drug-likeness (QED) is 0.646. The van der Waals surface area contributed by atoms with Gasteiger partial charge in [0.25, 0.3) is 5.91 Å². The van der Waals surface area contributed by atoms with E-state index in [0.717, 1.165) is 30.7 Å². The first kappa shape index (κ1) is 20.2. The Morgan fingerprint density at radius 3 is 2.77 bits per heavy atom. The molecule has 1 fully saturated rings. The van der Waals surface area contributed by atoms with Crippen LogP contribution in [0.15, 0.2) is 42.6 Å². The highest BCUT2D eigenvalue weighted by atomic mass is 19.4. The van der Waals surface area contributed by atoms with Crippen LogP contribution in [0.2, 0.25) is 0 Å². The van der Waals surface area contributed by atoms with Gasteiger partial charge >= 0.3 is 6.18 Å². The summed E-state index contributed by atoms with van der Waals surface area (Å²) in [7, 11) is 0. The van der Waals surface area contributed by atoms with Crippen molar-refractivity contribution < 1.29 is 22.7 Å². The number of ether oxygens (including phenoxy) is 1. The number of hydrogen-bond acceptors (Lipinski definition) is 4. The lowest BCUT2D eigenvalue weighted by molar-refractivity contribution is -0.138. The number of halogens is 3. The van der Waals surface area contributed by atoms with Crippen LogP contribution in [0.1, 0.15) is 35.7 Å². The minimum Gasteiger partial charge on any atom is -0.484 e. The number of aryl methyl sites for hydroxylation is 1. The number of carbonyl (C=O) groups excluding carboxylic acids is 1. The van der Waals surface area contributed by atoms with Crippen molar-refractivity contribution in [3.05, 3.63) is 59.5 Å². The molecule has 3 aromatic rings. The summed E-state index contributed by atoms with van der Waals surface area (Å²) in [6, 6.07) is 9.75. The first-order valence-corrected chi connectivity index (χ1v) is 9.71. The van der Waals surface area contributed by atoms with E-state index in [-0.39, 0.29) is 18.4 Å². The molecule has 1 aliphatic rings. The smallest absolute Gasteiger partial charge is 0.417 e. The Labute approximate surface area is 171 Å². The fourth-order valence-corrected chi connectivity index (χ4v) is 3.72. The van der Waals surface area contributed by atoms with Gasteiger partial charge in [0.05, 0.1) is 5.56 Å². The van der Waals surface area contributed by atoms with E-state index in [9.17, 15) is 18.0 Å². The number of rotatable bonds is 4. The van der Waals surface area contributed by atoms with Gasteiger partial charge in [0, 0.05) is 25.2 Å². The topological polar surface area (TPSA) is 59.7 Å². The normalized spacial score (nSPS) is 17.3. The first-order valence-electron chi connectivity index (χ1n) is 9.71. The van der Waals surface area contributed by atoms with Crippen LogP contribution < -0.4 is 4.74 Å². The largest absolute Gasteiger partial charge is 0.484 e. The summed E-state index contributed by atoms with van der Waals surface area (Å²) in [5.74, 6) is 0.739. The maximum Gasteiger partial charge on any atom is 0.417 e. The van der Waals surface area contributed by atoms with Gasteiger partial charge in [0.15, 0.2) is 12.3 Å². The molecule has 1 amide bonds. The first-order chi connectivity index (χ1) is 14.3. The lowest BCUT2D eigenvalue weighted by Crippen LogP contribution is -2.42. The van der Waals surface area contributed by atoms with Crippen LogP contribution in [-0.4, -0.2) is 45.1 Å². The van der Waals surface area contributed by atoms with Gasteiger partial charge in [-0.05, 0) is 43.5 Å². The van der Waals surface area contributed by atoms with Crippen LogP contribution in [0.5, 0.6) is 5.75 Å². The van der Waals surface area contributed by atoms with E-state index in [4.69, 9.17) is 4.74 Å². The summed E-state index contributed by atoms with van der Waals surface area (Å²) in [6.45, 7) is 2.77. The summed E-state index contributed by atoms with van der Waals surface area (Å²) in [4.78, 5) is 14.3. The molecule has 0 aliphatic carbocycles. The lowest BCUT2D eigenvalue weighted by atomic mass is 9.97. The van der Waals surface area contributed by atoms with Crippen molar-refractivity contribution in [1.82, 2.24) is 19.5 Å². The van der Waals surface area contributed by atoms with Crippen LogP contribution in [0.4, 0.5) is 13.2 Å². The Morgan fingerprint density at radius 2 is 2.00 bits per heavy atom. The monoisotopic (exact) mass is 418 g/mol. The molecule has 0 spiro atoms. The Bertz CT molecular complexity index is 1060. The lowest BCUT2D eigenvalue weighted by Gasteiger charge is -2.32. The number of amides is 1. The van der Waals surface area contributed by atoms with Crippen LogP contribution in [0, 0.1) is 6.92 Å². The van der Waals surface area contributed by atoms with E-state index in [0.29, 0.717) is 30.3 Å². The van der Waals surface area contributed by atoms with E-state index in [1.165, 1.54) is 10.5 Å². The number of nitrogens with zero attached hydrogens (tertiary/aromatic N) is 4. The standard InChI is InChI=1S/C21H21F3N4O2/c1-14-5-2-3-7-17(14)30-13-19(29)27-10-4-6-15(11-27)20-26-25-18-9-8-16(12-28(18)20)21(22,23)24/h2-3,5,7-9,12,15H,4,6,10-11,13H2,1H3. The van der Waals surface area contributed by atoms with E-state index >= 15 is 0 Å². The highest BCUT2D eigenvalue weighted by Gasteiger charge is 2.32. The molecule has 6 nitrogen and oxygen atoms in total. The molecule has 0 N–H and O–H groups in total. The molecule has 1 unspecified atom stereocenters. The molecular weight excluding hydrogens is 397 g/mol. The minimum atomic E-state index is -4.45. The molecule has 9 heteroatoms. The summed E-state index contributed by atoms with van der Waals surface area (Å²) < 4.78 is 46.3. The molecule has 0 saturated carbocycles. The predicted octanol–water partition coefficient (Wildman–Crippen LogP) is 3.84. The van der Waals surface area contributed by atoms with E-state index in [2.05, 4.69) is 10.2 Å². The molecule has 0 bridgehead atoms. The highest BCUT2D eigenvalue weighted by Crippen LogP contribution is 2.31. The van der Waals surface area contributed by atoms with Crippen LogP contribution >= 0.6 is 0 Å². The second kappa shape index (κ2) is 7.97. The van der Waals surface area contributed by atoms with Crippen molar-refractivity contribution in [2.45, 2.75) is 31.9 Å². The molecule has 2 aromatic heterocycles. The van der Waals surface area contributed by atoms with Crippen molar-refractivity contribution in [1.29, 1.82) is 0 Å². The fourth-order valence-electron chi connectivity index (χ4n) is 3.72. The Hall–Kier alpha value is -3.10. The molecule has 158 valence electrons. The molecule has 4 rings (SSSR count). The van der Waals surface area contributed by atoms with E-state index in [1.807, 2.05) is 31.2 Å². The van der Waals surface area contributed by atoms with Crippen LogP contribution in [0.25, 0.3) is 5.65 Å². The molecule has 3 heterocycles. The van der Waals surface area contributed by atoms with E-state index < -0.39 is 11.7 Å². The van der Waals surface area contributed by atoms with Gasteiger partial charge in [-0.3, -0.25) is 9.20 Å². The van der Waals surface area contributed by atoms with Crippen molar-refractivity contribution in [2.75, 3.05) is 19.7 Å². The molecule has 1 aliphatic heterocycles. The third-order valence-electron chi connectivity index (χ3n) is 5.34. The zero-order valence-corrected chi connectivity index (χ0v) is 16.4. The number of piperidine rings is 1. The van der Waals surface area contributed by atoms with Gasteiger partial charge in [-0.1, -0.05) is 18.2 Å². The average molecular weight is 418 g/mol. The van der Waals surface area contributed by atoms with Crippen molar-refractivity contribution in [3.8, 4) is 5.75 Å². The SMILES string of the molecule is Cc1ccccc1OCC(=O)N1CCCC(c2nnc3ccc(C(F)(F)F)cn23)C1. The van der Waals surface area contributed by atoms with E-state index in [1.54, 1.807) is 4.90 Å². The number of fused-ring (bicyclic) bond motifs is 1. The van der Waals surface area contributed by atoms with Gasteiger partial charge in [-0.2, -0.15) is 13.2 Å². The molecule has 1 aromatic carbocycles. The minimum absolute atomic E-state index is 0.0869. The molecule has 1 saturated heterocycles. The fraction of sp³-hybridized carbons (Fsp3) is 0.381. The summed E-state index contributed by atoms with van der Waals surface area (Å²) in [6.07, 6.45) is -1.97. The Balaban J connectivity index is 1.48. The number of benzene rings is 1. The summed E-state index contributed by atoms with van der Waals surface area (Å²) in [5.41, 5.74) is 0.535. The number of carbonyl (C=O) groups is 1. The van der Waals surface area contributed by atoms with Gasteiger partial charge in [-0.15, -0.1) is 10.2 Å². The van der Waals surface area contributed by atoms with Crippen LogP contribution in [0.3, 0.4) is 0 Å². The van der Waals surface area contributed by atoms with Crippen LogP contribution in [-0.2, 0) is 11.0 Å². The highest BCUT2D eigenvalue weighted by molar-refractivity contribution is 5.78. The number of pyridine rings is 1. The summed E-state index contributed by atoms with van der Waals surface area (Å²) in [5, 5.41) is 8.11. The number of para-hydroxylation sites is 1.